The monoisotopic (exact) mass is 381 g/mol. The fraction of sp³-hybridized carbons (Fsp3) is 1.00. The minimum absolute atomic E-state index is 1.25. The molecule has 0 aliphatic carbocycles. The summed E-state index contributed by atoms with van der Waals surface area (Å²) in [6.07, 6.45) is 12.8. The summed E-state index contributed by atoms with van der Waals surface area (Å²) in [6.45, 7) is 34.2. The van der Waals surface area contributed by atoms with Crippen molar-refractivity contribution >= 4 is 0 Å². The third-order valence-electron chi connectivity index (χ3n) is 1.000. The second-order valence-electron chi connectivity index (χ2n) is 6.24. The summed E-state index contributed by atoms with van der Waals surface area (Å²) < 4.78 is 0. The van der Waals surface area contributed by atoms with Gasteiger partial charge in [-0.25, -0.2) is 0 Å². The first-order valence-corrected chi connectivity index (χ1v) is 12.3. The van der Waals surface area contributed by atoms with E-state index in [4.69, 9.17) is 0 Å². The Morgan fingerprint density at radius 2 is 0.231 bits per heavy atom. The molecule has 0 aliphatic heterocycles. The van der Waals surface area contributed by atoms with Crippen LogP contribution >= 0.6 is 0 Å². The Hall–Kier alpha value is 0. The lowest BCUT2D eigenvalue weighted by molar-refractivity contribution is 0.886. The van der Waals surface area contributed by atoms with E-state index in [9.17, 15) is 0 Å². The van der Waals surface area contributed by atoms with Crippen LogP contribution in [0.25, 0.3) is 0 Å². The Morgan fingerprint density at radius 3 is 0.231 bits per heavy atom. The van der Waals surface area contributed by atoms with Crippen LogP contribution in [-0.4, -0.2) is 0 Å². The van der Waals surface area contributed by atoms with Gasteiger partial charge in [0.2, 0.25) is 0 Å². The molecule has 0 bridgehead atoms. The molecule has 0 amide bonds. The highest BCUT2D eigenvalue weighted by Gasteiger charge is 1.56. The first kappa shape index (κ1) is 50.2. The molecule has 0 heteroatoms. The van der Waals surface area contributed by atoms with Gasteiger partial charge in [-0.15, -0.1) is 0 Å². The number of unbranched alkanes of at least 4 members (excludes halogenated alkanes) is 2. The van der Waals surface area contributed by atoms with Gasteiger partial charge in [0.15, 0.2) is 0 Å². The lowest BCUT2D eigenvalue weighted by Gasteiger charge is -1.68. The van der Waals surface area contributed by atoms with E-state index >= 15 is 0 Å². The Balaban J connectivity index is -0.0000000238. The van der Waals surface area contributed by atoms with E-state index in [0.29, 0.717) is 0 Å². The van der Waals surface area contributed by atoms with Gasteiger partial charge in [0.1, 0.15) is 0 Å². The standard InChI is InChI=1S/2C4H10.6C3H8/c2*1-3-4-2;6*1-3-2/h2*3-4H2,1-2H3;6*3H2,1-2H3. The highest BCUT2D eigenvalue weighted by Crippen LogP contribution is 1.77. The van der Waals surface area contributed by atoms with E-state index < -0.39 is 0 Å². The van der Waals surface area contributed by atoms with Gasteiger partial charge in [-0.3, -0.25) is 0 Å². The maximum Gasteiger partial charge on any atom is -0.0564 e. The largest absolute Gasteiger partial charge is 0.0656 e. The van der Waals surface area contributed by atoms with Crippen LogP contribution in [-0.2, 0) is 0 Å². The smallest absolute Gasteiger partial charge is 0.0564 e. The third-order valence-corrected chi connectivity index (χ3v) is 1.000. The van der Waals surface area contributed by atoms with Gasteiger partial charge in [0.25, 0.3) is 0 Å². The maximum absolute atomic E-state index is 2.18. The van der Waals surface area contributed by atoms with Gasteiger partial charge in [-0.2, -0.15) is 0 Å². The van der Waals surface area contributed by atoms with Crippen molar-refractivity contribution in [3.63, 3.8) is 0 Å². The zero-order valence-electron chi connectivity index (χ0n) is 23.1. The molecule has 0 unspecified atom stereocenters. The van der Waals surface area contributed by atoms with Crippen molar-refractivity contribution in [2.24, 2.45) is 0 Å². The molecule has 0 fully saturated rings. The second kappa shape index (κ2) is 144. The summed E-state index contributed by atoms with van der Waals surface area (Å²) in [7, 11) is 0. The highest BCUT2D eigenvalue weighted by atomic mass is 13.6. The van der Waals surface area contributed by atoms with Crippen molar-refractivity contribution in [3.05, 3.63) is 0 Å². The normalized spacial score (nSPS) is 6.46. The Morgan fingerprint density at radius 1 is 0.192 bits per heavy atom. The minimum Gasteiger partial charge on any atom is -0.0656 e. The molecule has 0 aromatic carbocycles. The van der Waals surface area contributed by atoms with Gasteiger partial charge < -0.3 is 0 Å². The van der Waals surface area contributed by atoms with Crippen LogP contribution in [0.4, 0.5) is 0 Å². The molecule has 0 nitrogen and oxygen atoms in total. The van der Waals surface area contributed by atoms with Crippen LogP contribution in [0.5, 0.6) is 0 Å². The maximum atomic E-state index is 2.18. The molecule has 0 spiro atoms. The molecule has 0 N–H and O–H groups in total. The first-order valence-electron chi connectivity index (χ1n) is 12.3. The van der Waals surface area contributed by atoms with Crippen molar-refractivity contribution in [3.8, 4) is 0 Å². The van der Waals surface area contributed by atoms with E-state index in [1.54, 1.807) is 0 Å². The molecule has 172 valence electrons. The quantitative estimate of drug-likeness (QED) is 0.446. The third kappa shape index (κ3) is 3170. The highest BCUT2D eigenvalue weighted by molar-refractivity contribution is 4.13. The van der Waals surface area contributed by atoms with Gasteiger partial charge in [-0.05, 0) is 0 Å². The lowest BCUT2D eigenvalue weighted by Crippen LogP contribution is -1.47. The zero-order chi connectivity index (χ0) is 23.1. The molecular formula is C26H68. The Labute approximate surface area is 175 Å². The van der Waals surface area contributed by atoms with Crippen LogP contribution < -0.4 is 0 Å². The predicted molar refractivity (Wildman–Crippen MR) is 137 cm³/mol. The van der Waals surface area contributed by atoms with Crippen molar-refractivity contribution in [2.75, 3.05) is 0 Å². The molecule has 0 aliphatic rings. The number of hydrogen-bond acceptors (Lipinski definition) is 0. The minimum atomic E-state index is 1.25. The van der Waals surface area contributed by atoms with Crippen LogP contribution in [0.3, 0.4) is 0 Å². The molecule has 0 aromatic rings. The molecule has 26 heavy (non-hydrogen) atoms. The molecule has 0 saturated carbocycles. The predicted octanol–water partition coefficient (Wildman–Crippen LogP) is 12.1. The van der Waals surface area contributed by atoms with E-state index in [1.807, 2.05) is 0 Å². The zero-order valence-corrected chi connectivity index (χ0v) is 23.1. The summed E-state index contributed by atoms with van der Waals surface area (Å²) in [5.41, 5.74) is 0. The number of hydrogen-bond donors (Lipinski definition) is 0. The fourth-order valence-corrected chi connectivity index (χ4v) is 0. The topological polar surface area (TPSA) is 0 Å². The summed E-state index contributed by atoms with van der Waals surface area (Å²) in [6, 6.07) is 0. The van der Waals surface area contributed by atoms with E-state index in [0.717, 1.165) is 0 Å². The van der Waals surface area contributed by atoms with Crippen molar-refractivity contribution in [1.82, 2.24) is 0 Å². The van der Waals surface area contributed by atoms with Crippen LogP contribution in [0.1, 0.15) is 175 Å². The van der Waals surface area contributed by atoms with E-state index in [1.165, 1.54) is 64.2 Å². The summed E-state index contributed by atoms with van der Waals surface area (Å²) >= 11 is 0. The molecular weight excluding hydrogens is 312 g/mol. The Kier molecular flexibility index (Phi) is 278. The number of rotatable bonds is 2. The molecule has 0 radical (unpaired) electrons. The Bertz CT molecular complexity index is 42.9. The first-order chi connectivity index (χ1) is 12.3. The summed E-state index contributed by atoms with van der Waals surface area (Å²) in [5, 5.41) is 0. The molecule has 0 atom stereocenters. The van der Waals surface area contributed by atoms with Crippen molar-refractivity contribution < 1.29 is 0 Å². The average molecular weight is 381 g/mol. The van der Waals surface area contributed by atoms with Crippen molar-refractivity contribution in [1.29, 1.82) is 0 Å². The van der Waals surface area contributed by atoms with Crippen LogP contribution in [0.15, 0.2) is 0 Å². The van der Waals surface area contributed by atoms with Crippen LogP contribution in [0, 0.1) is 0 Å². The van der Waals surface area contributed by atoms with Gasteiger partial charge >= 0.3 is 0 Å². The lowest BCUT2D eigenvalue weighted by atomic mass is 10.4. The molecule has 0 aromatic heterocycles. The van der Waals surface area contributed by atoms with Crippen molar-refractivity contribution in [2.45, 2.75) is 175 Å². The summed E-state index contributed by atoms with van der Waals surface area (Å²) in [5.74, 6) is 0. The van der Waals surface area contributed by atoms with E-state index in [2.05, 4.69) is 111 Å². The average Bonchev–Trinajstić information content (AvgIpc) is 2.59. The fourth-order valence-electron chi connectivity index (χ4n) is 0. The van der Waals surface area contributed by atoms with Gasteiger partial charge in [0, 0.05) is 0 Å². The van der Waals surface area contributed by atoms with Gasteiger partial charge in [-0.1, -0.05) is 175 Å². The summed E-state index contributed by atoms with van der Waals surface area (Å²) in [4.78, 5) is 0. The SMILES string of the molecule is CCC.CCC.CCC.CCC.CCC.CCC.CCCC.CCCC. The van der Waals surface area contributed by atoms with Gasteiger partial charge in [0.05, 0.1) is 0 Å². The molecule has 0 rings (SSSR count). The molecule has 0 saturated heterocycles. The second-order valence-corrected chi connectivity index (χ2v) is 6.24. The van der Waals surface area contributed by atoms with Crippen LogP contribution in [0.2, 0.25) is 0 Å². The van der Waals surface area contributed by atoms with E-state index in [-0.39, 0.29) is 0 Å². The molecule has 0 heterocycles.